The fraction of sp³-hybridized carbons (Fsp3) is 0.150. The average Bonchev–Trinajstić information content (AvgIpc) is 3.13. The molecule has 1 aromatic heterocycles. The van der Waals surface area contributed by atoms with Crippen molar-refractivity contribution in [1.29, 1.82) is 0 Å². The van der Waals surface area contributed by atoms with E-state index in [2.05, 4.69) is 15.3 Å². The van der Waals surface area contributed by atoms with Crippen LogP contribution < -0.4 is 5.32 Å². The minimum atomic E-state index is -0.908. The number of carboxylic acid groups (broad SMARTS) is 1. The van der Waals surface area contributed by atoms with Gasteiger partial charge in [-0.15, -0.1) is 11.8 Å². The van der Waals surface area contributed by atoms with Gasteiger partial charge in [0.05, 0.1) is 6.20 Å². The van der Waals surface area contributed by atoms with Crippen LogP contribution in [0.3, 0.4) is 0 Å². The molecule has 27 heavy (non-hydrogen) atoms. The Kier molecular flexibility index (Phi) is 5.32. The number of carboxylic acids is 1. The van der Waals surface area contributed by atoms with Crippen molar-refractivity contribution >= 4 is 29.3 Å². The number of thioether (sulfide) groups is 1. The number of rotatable bonds is 6. The molecule has 1 amide bonds. The summed E-state index contributed by atoms with van der Waals surface area (Å²) >= 11 is 1.27. The normalized spacial score (nSPS) is 11.2. The molecule has 3 N–H and O–H groups in total. The summed E-state index contributed by atoms with van der Waals surface area (Å²) in [6.45, 7) is 3.33. The molecular weight excluding hydrogens is 362 g/mol. The highest BCUT2D eigenvalue weighted by Crippen LogP contribution is 2.33. The summed E-state index contributed by atoms with van der Waals surface area (Å²) in [7, 11) is 0. The van der Waals surface area contributed by atoms with Gasteiger partial charge in [0.15, 0.2) is 0 Å². The van der Waals surface area contributed by atoms with Crippen molar-refractivity contribution in [3.8, 4) is 11.4 Å². The van der Waals surface area contributed by atoms with Gasteiger partial charge in [-0.1, -0.05) is 30.3 Å². The first-order chi connectivity index (χ1) is 12.8. The molecule has 3 rings (SSSR count). The van der Waals surface area contributed by atoms with Gasteiger partial charge in [-0.3, -0.25) is 9.59 Å². The van der Waals surface area contributed by atoms with Crippen molar-refractivity contribution < 1.29 is 14.7 Å². The Morgan fingerprint density at radius 3 is 2.37 bits per heavy atom. The molecule has 0 saturated carbocycles. The van der Waals surface area contributed by atoms with E-state index in [0.29, 0.717) is 17.2 Å². The van der Waals surface area contributed by atoms with Crippen LogP contribution in [-0.4, -0.2) is 31.7 Å². The number of nitrogens with one attached hydrogen (secondary N) is 2. The number of carbonyl (C=O) groups excluding carboxylic acids is 1. The number of hydrogen-bond acceptors (Lipinski definition) is 4. The highest BCUT2D eigenvalue weighted by molar-refractivity contribution is 8.01. The van der Waals surface area contributed by atoms with Gasteiger partial charge in [-0.2, -0.15) is 0 Å². The first-order valence-electron chi connectivity index (χ1n) is 8.29. The summed E-state index contributed by atoms with van der Waals surface area (Å²) in [5, 5.41) is 12.0. The van der Waals surface area contributed by atoms with Crippen molar-refractivity contribution in [1.82, 2.24) is 9.97 Å². The topological polar surface area (TPSA) is 95.1 Å². The van der Waals surface area contributed by atoms with Crippen molar-refractivity contribution in [2.24, 2.45) is 0 Å². The lowest BCUT2D eigenvalue weighted by Crippen LogP contribution is -2.26. The van der Waals surface area contributed by atoms with E-state index in [0.717, 1.165) is 10.5 Å². The van der Waals surface area contributed by atoms with E-state index in [1.807, 2.05) is 54.6 Å². The molecule has 0 bridgehead atoms. The summed E-state index contributed by atoms with van der Waals surface area (Å²) in [5.74, 6) is -0.561. The van der Waals surface area contributed by atoms with Crippen LogP contribution in [-0.2, 0) is 4.79 Å². The summed E-state index contributed by atoms with van der Waals surface area (Å²) in [4.78, 5) is 31.7. The van der Waals surface area contributed by atoms with E-state index in [4.69, 9.17) is 0 Å². The lowest BCUT2D eigenvalue weighted by atomic mass is 10.2. The van der Waals surface area contributed by atoms with Gasteiger partial charge in [0, 0.05) is 16.1 Å². The average molecular weight is 381 g/mol. The van der Waals surface area contributed by atoms with E-state index in [9.17, 15) is 14.7 Å². The fourth-order valence-corrected chi connectivity index (χ4v) is 3.27. The van der Waals surface area contributed by atoms with E-state index in [1.165, 1.54) is 18.0 Å². The Morgan fingerprint density at radius 2 is 1.74 bits per heavy atom. The number of aliphatic carboxylic acids is 1. The van der Waals surface area contributed by atoms with E-state index < -0.39 is 10.7 Å². The standard InChI is InChI=1S/C20H19N3O3S/c1-20(2,19(25)26)27-15-10-8-13(9-11-15)17-21-12-16(23-17)18(24)22-14-6-4-3-5-7-14/h3-12H,1-2H3,(H,21,23)(H,22,24)(H,25,26). The first kappa shape index (κ1) is 18.7. The molecule has 0 aliphatic heterocycles. The molecular formula is C20H19N3O3S. The molecule has 0 aliphatic rings. The number of aromatic amines is 1. The number of nitrogens with zero attached hydrogens (tertiary/aromatic N) is 1. The molecule has 0 spiro atoms. The zero-order valence-electron chi connectivity index (χ0n) is 14.9. The second-order valence-electron chi connectivity index (χ2n) is 6.41. The molecule has 0 unspecified atom stereocenters. The predicted molar refractivity (Wildman–Crippen MR) is 106 cm³/mol. The van der Waals surface area contributed by atoms with Crippen LogP contribution in [0.4, 0.5) is 5.69 Å². The van der Waals surface area contributed by atoms with E-state index in [1.54, 1.807) is 13.8 Å². The Labute approximate surface area is 161 Å². The zero-order valence-corrected chi connectivity index (χ0v) is 15.7. The third-order valence-electron chi connectivity index (χ3n) is 3.87. The number of aromatic nitrogens is 2. The molecule has 138 valence electrons. The van der Waals surface area contributed by atoms with Gasteiger partial charge in [-0.25, -0.2) is 4.98 Å². The van der Waals surface area contributed by atoms with Crippen LogP contribution in [0, 0.1) is 0 Å². The summed E-state index contributed by atoms with van der Waals surface area (Å²) in [6.07, 6.45) is 1.49. The second kappa shape index (κ2) is 7.67. The molecule has 1 heterocycles. The number of hydrogen-bond donors (Lipinski definition) is 3. The SMILES string of the molecule is CC(C)(Sc1ccc(-c2ncc(C(=O)Nc3ccccc3)[nH]2)cc1)C(=O)O. The monoisotopic (exact) mass is 381 g/mol. The molecule has 0 aliphatic carbocycles. The Balaban J connectivity index is 1.71. The first-order valence-corrected chi connectivity index (χ1v) is 9.11. The minimum Gasteiger partial charge on any atom is -0.480 e. The van der Waals surface area contributed by atoms with E-state index in [-0.39, 0.29) is 5.91 Å². The predicted octanol–water partition coefficient (Wildman–Crippen LogP) is 4.28. The highest BCUT2D eigenvalue weighted by Gasteiger charge is 2.28. The van der Waals surface area contributed by atoms with Crippen molar-refractivity contribution in [3.63, 3.8) is 0 Å². The maximum absolute atomic E-state index is 12.3. The van der Waals surface area contributed by atoms with Crippen molar-refractivity contribution in [3.05, 3.63) is 66.5 Å². The highest BCUT2D eigenvalue weighted by atomic mass is 32.2. The van der Waals surface area contributed by atoms with Gasteiger partial charge < -0.3 is 15.4 Å². The van der Waals surface area contributed by atoms with Crippen LogP contribution in [0.25, 0.3) is 11.4 Å². The van der Waals surface area contributed by atoms with Crippen LogP contribution in [0.2, 0.25) is 0 Å². The number of amides is 1. The zero-order chi connectivity index (χ0) is 19.4. The largest absolute Gasteiger partial charge is 0.480 e. The number of H-pyrrole nitrogens is 1. The number of imidazole rings is 1. The third-order valence-corrected chi connectivity index (χ3v) is 5.06. The van der Waals surface area contributed by atoms with Crippen LogP contribution in [0.1, 0.15) is 24.3 Å². The fourth-order valence-electron chi connectivity index (χ4n) is 2.32. The lowest BCUT2D eigenvalue weighted by Gasteiger charge is -2.18. The maximum Gasteiger partial charge on any atom is 0.319 e. The van der Waals surface area contributed by atoms with Crippen molar-refractivity contribution in [2.75, 3.05) is 5.32 Å². The van der Waals surface area contributed by atoms with Gasteiger partial charge in [0.25, 0.3) is 5.91 Å². The second-order valence-corrected chi connectivity index (χ2v) is 8.10. The number of anilines is 1. The smallest absolute Gasteiger partial charge is 0.319 e. The van der Waals surface area contributed by atoms with Crippen LogP contribution in [0.5, 0.6) is 0 Å². The molecule has 2 aromatic carbocycles. The van der Waals surface area contributed by atoms with Gasteiger partial charge in [0.2, 0.25) is 0 Å². The van der Waals surface area contributed by atoms with Crippen molar-refractivity contribution in [2.45, 2.75) is 23.5 Å². The summed E-state index contributed by atoms with van der Waals surface area (Å²) in [6, 6.07) is 16.6. The molecule has 3 aromatic rings. The molecule has 0 saturated heterocycles. The molecule has 0 atom stereocenters. The number of benzene rings is 2. The number of para-hydroxylation sites is 1. The van der Waals surface area contributed by atoms with Gasteiger partial charge in [-0.05, 0) is 38.1 Å². The molecule has 7 heteroatoms. The lowest BCUT2D eigenvalue weighted by molar-refractivity contribution is -0.138. The Morgan fingerprint density at radius 1 is 1.07 bits per heavy atom. The maximum atomic E-state index is 12.3. The minimum absolute atomic E-state index is 0.268. The summed E-state index contributed by atoms with van der Waals surface area (Å²) < 4.78 is -0.908. The molecule has 0 radical (unpaired) electrons. The quantitative estimate of drug-likeness (QED) is 0.554. The molecule has 6 nitrogen and oxygen atoms in total. The molecule has 0 fully saturated rings. The van der Waals surface area contributed by atoms with Crippen LogP contribution in [0.15, 0.2) is 65.7 Å². The third kappa shape index (κ3) is 4.57. The van der Waals surface area contributed by atoms with Gasteiger partial charge >= 0.3 is 5.97 Å². The van der Waals surface area contributed by atoms with Crippen LogP contribution >= 0.6 is 11.8 Å². The number of carbonyl (C=O) groups is 2. The van der Waals surface area contributed by atoms with Gasteiger partial charge in [0.1, 0.15) is 16.3 Å². The van der Waals surface area contributed by atoms with E-state index >= 15 is 0 Å². The summed E-state index contributed by atoms with van der Waals surface area (Å²) in [5.41, 5.74) is 1.88. The Bertz CT molecular complexity index is 950. The Hall–Kier alpha value is -3.06.